The molecule has 6 nitrogen and oxygen atoms in total. The maximum atomic E-state index is 12.6. The molecular weight excluding hydrogens is 344 g/mol. The Balaban J connectivity index is 1.85. The number of hydrogen-bond acceptors (Lipinski definition) is 4. The standard InChI is InChI=1S/C21H32N2O4/c1-7-10-26-17-8-9-18(14(2)11-17)22-19(24)15(3)16-12-23(13-16)20(25)27-21(4,5)6/h8-9,11,15-16H,7,10,12-13H2,1-6H3,(H,22,24)/t15-/m0/s1. The Morgan fingerprint density at radius 3 is 2.52 bits per heavy atom. The van der Waals surface area contributed by atoms with E-state index in [4.69, 9.17) is 9.47 Å². The molecule has 6 heteroatoms. The lowest BCUT2D eigenvalue weighted by molar-refractivity contribution is -0.123. The lowest BCUT2D eigenvalue weighted by Crippen LogP contribution is -2.55. The number of hydrogen-bond donors (Lipinski definition) is 1. The van der Waals surface area contributed by atoms with Gasteiger partial charge in [0, 0.05) is 30.6 Å². The van der Waals surface area contributed by atoms with Crippen LogP contribution in [0.2, 0.25) is 0 Å². The molecule has 1 aromatic rings. The molecule has 0 bridgehead atoms. The van der Waals surface area contributed by atoms with E-state index in [1.165, 1.54) is 0 Å². The zero-order chi connectivity index (χ0) is 20.2. The van der Waals surface area contributed by atoms with Gasteiger partial charge in [-0.15, -0.1) is 0 Å². The summed E-state index contributed by atoms with van der Waals surface area (Å²) in [5.41, 5.74) is 1.25. The molecule has 0 spiro atoms. The molecule has 0 aliphatic carbocycles. The molecule has 1 fully saturated rings. The van der Waals surface area contributed by atoms with Gasteiger partial charge in [-0.05, 0) is 57.9 Å². The number of ether oxygens (including phenoxy) is 2. The highest BCUT2D eigenvalue weighted by Crippen LogP contribution is 2.28. The van der Waals surface area contributed by atoms with E-state index >= 15 is 0 Å². The maximum absolute atomic E-state index is 12.6. The first-order valence-corrected chi connectivity index (χ1v) is 9.63. The van der Waals surface area contributed by atoms with Crippen LogP contribution in [0.15, 0.2) is 18.2 Å². The quantitative estimate of drug-likeness (QED) is 0.807. The molecule has 0 saturated carbocycles. The Bertz CT molecular complexity index is 675. The fourth-order valence-electron chi connectivity index (χ4n) is 2.85. The summed E-state index contributed by atoms with van der Waals surface area (Å²) in [7, 11) is 0. The first-order chi connectivity index (χ1) is 12.6. The molecule has 1 atom stereocenters. The van der Waals surface area contributed by atoms with Crippen LogP contribution in [0.1, 0.15) is 46.6 Å². The predicted octanol–water partition coefficient (Wildman–Crippen LogP) is 4.23. The zero-order valence-electron chi connectivity index (χ0n) is 17.3. The second-order valence-electron chi connectivity index (χ2n) is 8.25. The second kappa shape index (κ2) is 8.63. The predicted molar refractivity (Wildman–Crippen MR) is 106 cm³/mol. The van der Waals surface area contributed by atoms with Crippen LogP contribution in [0.5, 0.6) is 5.75 Å². The molecule has 0 aromatic heterocycles. The molecular formula is C21H32N2O4. The Kier molecular flexibility index (Phi) is 6.73. The third-order valence-electron chi connectivity index (χ3n) is 4.61. The number of carbonyl (C=O) groups excluding carboxylic acids is 2. The van der Waals surface area contributed by atoms with Crippen LogP contribution < -0.4 is 10.1 Å². The van der Waals surface area contributed by atoms with Crippen LogP contribution in [-0.4, -0.2) is 42.2 Å². The van der Waals surface area contributed by atoms with Crippen molar-refractivity contribution in [1.29, 1.82) is 0 Å². The molecule has 1 saturated heterocycles. The van der Waals surface area contributed by atoms with E-state index in [9.17, 15) is 9.59 Å². The van der Waals surface area contributed by atoms with E-state index in [0.29, 0.717) is 19.7 Å². The lowest BCUT2D eigenvalue weighted by Gasteiger charge is -2.42. The second-order valence-corrected chi connectivity index (χ2v) is 8.25. The number of amides is 2. The minimum Gasteiger partial charge on any atom is -0.494 e. The molecule has 1 aliphatic rings. The Hall–Kier alpha value is -2.24. The summed E-state index contributed by atoms with van der Waals surface area (Å²) >= 11 is 0. The van der Waals surface area contributed by atoms with Gasteiger partial charge in [0.25, 0.3) is 0 Å². The van der Waals surface area contributed by atoms with E-state index in [1.54, 1.807) is 4.90 Å². The minimum absolute atomic E-state index is 0.0332. The third kappa shape index (κ3) is 5.88. The largest absolute Gasteiger partial charge is 0.494 e. The monoisotopic (exact) mass is 376 g/mol. The van der Waals surface area contributed by atoms with Gasteiger partial charge in [-0.3, -0.25) is 4.79 Å². The van der Waals surface area contributed by atoms with Gasteiger partial charge in [-0.25, -0.2) is 4.79 Å². The molecule has 2 amide bonds. The molecule has 1 aliphatic heterocycles. The molecule has 27 heavy (non-hydrogen) atoms. The van der Waals surface area contributed by atoms with Crippen molar-refractivity contribution in [2.45, 2.75) is 53.6 Å². The fourth-order valence-corrected chi connectivity index (χ4v) is 2.85. The summed E-state index contributed by atoms with van der Waals surface area (Å²) in [5.74, 6) is 0.741. The van der Waals surface area contributed by atoms with Crippen molar-refractivity contribution in [2.24, 2.45) is 11.8 Å². The zero-order valence-corrected chi connectivity index (χ0v) is 17.3. The van der Waals surface area contributed by atoms with Crippen LogP contribution in [-0.2, 0) is 9.53 Å². The van der Waals surface area contributed by atoms with E-state index in [1.807, 2.05) is 52.8 Å². The number of benzene rings is 1. The van der Waals surface area contributed by atoms with Gasteiger partial charge >= 0.3 is 6.09 Å². The summed E-state index contributed by atoms with van der Waals surface area (Å²) in [6, 6.07) is 5.68. The Labute approximate surface area is 162 Å². The van der Waals surface area contributed by atoms with Gasteiger partial charge in [0.15, 0.2) is 0 Å². The summed E-state index contributed by atoms with van der Waals surface area (Å²) in [5, 5.41) is 3.00. The smallest absolute Gasteiger partial charge is 0.410 e. The Morgan fingerprint density at radius 1 is 1.30 bits per heavy atom. The number of rotatable bonds is 6. The van der Waals surface area contributed by atoms with Crippen molar-refractivity contribution >= 4 is 17.7 Å². The van der Waals surface area contributed by atoms with Gasteiger partial charge in [-0.2, -0.15) is 0 Å². The topological polar surface area (TPSA) is 67.9 Å². The van der Waals surface area contributed by atoms with Crippen LogP contribution in [0.4, 0.5) is 10.5 Å². The third-order valence-corrected chi connectivity index (χ3v) is 4.61. The SMILES string of the molecule is CCCOc1ccc(NC(=O)[C@@H](C)C2CN(C(=O)OC(C)(C)C)C2)c(C)c1. The van der Waals surface area contributed by atoms with Crippen molar-refractivity contribution in [3.8, 4) is 5.75 Å². The highest BCUT2D eigenvalue weighted by Gasteiger charge is 2.39. The molecule has 2 rings (SSSR count). The van der Waals surface area contributed by atoms with Gasteiger partial charge in [0.05, 0.1) is 6.61 Å². The molecule has 150 valence electrons. The molecule has 1 N–H and O–H groups in total. The van der Waals surface area contributed by atoms with E-state index in [0.717, 1.165) is 23.4 Å². The Morgan fingerprint density at radius 2 is 1.96 bits per heavy atom. The van der Waals surface area contributed by atoms with E-state index < -0.39 is 5.60 Å². The van der Waals surface area contributed by atoms with Crippen molar-refractivity contribution in [3.63, 3.8) is 0 Å². The van der Waals surface area contributed by atoms with Crippen molar-refractivity contribution in [3.05, 3.63) is 23.8 Å². The van der Waals surface area contributed by atoms with Gasteiger partial charge in [0.1, 0.15) is 11.4 Å². The van der Waals surface area contributed by atoms with Crippen molar-refractivity contribution in [2.75, 3.05) is 25.0 Å². The normalized spacial score (nSPS) is 15.7. The lowest BCUT2D eigenvalue weighted by atomic mass is 9.86. The average Bonchev–Trinajstić information content (AvgIpc) is 2.51. The summed E-state index contributed by atoms with van der Waals surface area (Å²) < 4.78 is 11.0. The molecule has 1 aromatic carbocycles. The number of anilines is 1. The molecule has 1 heterocycles. The van der Waals surface area contributed by atoms with Gasteiger partial charge in [-0.1, -0.05) is 13.8 Å². The van der Waals surface area contributed by atoms with Crippen LogP contribution in [0.3, 0.4) is 0 Å². The number of nitrogens with zero attached hydrogens (tertiary/aromatic N) is 1. The van der Waals surface area contributed by atoms with Crippen molar-refractivity contribution < 1.29 is 19.1 Å². The van der Waals surface area contributed by atoms with E-state index in [2.05, 4.69) is 12.2 Å². The van der Waals surface area contributed by atoms with E-state index in [-0.39, 0.29) is 23.8 Å². The number of aryl methyl sites for hydroxylation is 1. The summed E-state index contributed by atoms with van der Waals surface area (Å²) in [6.07, 6.45) is 0.640. The van der Waals surface area contributed by atoms with Crippen LogP contribution in [0.25, 0.3) is 0 Å². The fraction of sp³-hybridized carbons (Fsp3) is 0.619. The highest BCUT2D eigenvalue weighted by molar-refractivity contribution is 5.93. The molecule has 0 radical (unpaired) electrons. The number of nitrogens with one attached hydrogen (secondary N) is 1. The first kappa shape index (κ1) is 21.1. The van der Waals surface area contributed by atoms with Crippen LogP contribution >= 0.6 is 0 Å². The van der Waals surface area contributed by atoms with Gasteiger partial charge < -0.3 is 19.7 Å². The summed E-state index contributed by atoms with van der Waals surface area (Å²) in [6.45, 7) is 13.2. The average molecular weight is 376 g/mol. The first-order valence-electron chi connectivity index (χ1n) is 9.63. The van der Waals surface area contributed by atoms with Crippen molar-refractivity contribution in [1.82, 2.24) is 4.90 Å². The maximum Gasteiger partial charge on any atom is 0.410 e. The molecule has 0 unspecified atom stereocenters. The van der Waals surface area contributed by atoms with Crippen LogP contribution in [0, 0.1) is 18.8 Å². The van der Waals surface area contributed by atoms with Gasteiger partial charge in [0.2, 0.25) is 5.91 Å². The summed E-state index contributed by atoms with van der Waals surface area (Å²) in [4.78, 5) is 26.2. The highest BCUT2D eigenvalue weighted by atomic mass is 16.6. The number of likely N-dealkylation sites (tertiary alicyclic amines) is 1. The minimum atomic E-state index is -0.504. The number of carbonyl (C=O) groups is 2.